The van der Waals surface area contributed by atoms with Crippen molar-refractivity contribution in [3.63, 3.8) is 0 Å². The van der Waals surface area contributed by atoms with Crippen LogP contribution in [0.2, 0.25) is 0 Å². The first kappa shape index (κ1) is 11.0. The van der Waals surface area contributed by atoms with Crippen molar-refractivity contribution in [2.45, 2.75) is 26.4 Å². The van der Waals surface area contributed by atoms with E-state index in [4.69, 9.17) is 4.74 Å². The molecule has 0 heterocycles. The Bertz CT molecular complexity index is 321. The van der Waals surface area contributed by atoms with Gasteiger partial charge in [-0.15, -0.1) is 0 Å². The first-order chi connectivity index (χ1) is 6.56. The summed E-state index contributed by atoms with van der Waals surface area (Å²) in [5.41, 5.74) is 1.28. The molecule has 0 saturated heterocycles. The van der Waals surface area contributed by atoms with Crippen LogP contribution in [0.4, 0.5) is 4.39 Å². The molecule has 1 N–H and O–H groups in total. The van der Waals surface area contributed by atoms with E-state index in [1.54, 1.807) is 19.9 Å². The summed E-state index contributed by atoms with van der Waals surface area (Å²) in [4.78, 5) is 0. The summed E-state index contributed by atoms with van der Waals surface area (Å²) >= 11 is 0. The third-order valence-electron chi connectivity index (χ3n) is 2.21. The highest BCUT2D eigenvalue weighted by Crippen LogP contribution is 2.25. The SMILES string of the molecule is COc1ccc(F)c(C)c1CC(C)O. The second-order valence-corrected chi connectivity index (χ2v) is 3.41. The van der Waals surface area contributed by atoms with Crippen LogP contribution in [0.5, 0.6) is 5.75 Å². The molecule has 3 heteroatoms. The van der Waals surface area contributed by atoms with Crippen LogP contribution in [0, 0.1) is 12.7 Å². The molecule has 0 bridgehead atoms. The van der Waals surface area contributed by atoms with Gasteiger partial charge in [0.15, 0.2) is 0 Å². The van der Waals surface area contributed by atoms with Crippen LogP contribution in [0.15, 0.2) is 12.1 Å². The molecule has 78 valence electrons. The Morgan fingerprint density at radius 3 is 2.64 bits per heavy atom. The maximum atomic E-state index is 13.2. The Morgan fingerprint density at radius 2 is 2.14 bits per heavy atom. The predicted molar refractivity (Wildman–Crippen MR) is 53.1 cm³/mol. The van der Waals surface area contributed by atoms with Crippen LogP contribution in [0.3, 0.4) is 0 Å². The topological polar surface area (TPSA) is 29.5 Å². The summed E-state index contributed by atoms with van der Waals surface area (Å²) in [5, 5.41) is 9.26. The second kappa shape index (κ2) is 4.42. The highest BCUT2D eigenvalue weighted by Gasteiger charge is 2.12. The number of ether oxygens (including phenoxy) is 1. The van der Waals surface area contributed by atoms with Crippen molar-refractivity contribution >= 4 is 0 Å². The van der Waals surface area contributed by atoms with Gasteiger partial charge in [-0.2, -0.15) is 0 Å². The van der Waals surface area contributed by atoms with E-state index in [-0.39, 0.29) is 5.82 Å². The minimum absolute atomic E-state index is 0.263. The maximum absolute atomic E-state index is 13.2. The van der Waals surface area contributed by atoms with Crippen LogP contribution in [0.25, 0.3) is 0 Å². The quantitative estimate of drug-likeness (QED) is 0.805. The van der Waals surface area contributed by atoms with Gasteiger partial charge in [0.1, 0.15) is 11.6 Å². The molecule has 1 rings (SSSR count). The molecule has 0 aliphatic heterocycles. The van der Waals surface area contributed by atoms with Crippen LogP contribution in [-0.2, 0) is 6.42 Å². The summed E-state index contributed by atoms with van der Waals surface area (Å²) in [6.45, 7) is 3.36. The zero-order valence-corrected chi connectivity index (χ0v) is 8.67. The van der Waals surface area contributed by atoms with Crippen molar-refractivity contribution in [1.82, 2.24) is 0 Å². The minimum atomic E-state index is -0.496. The molecule has 1 atom stereocenters. The summed E-state index contributed by atoms with van der Waals surface area (Å²) in [5.74, 6) is 0.367. The van der Waals surface area contributed by atoms with Gasteiger partial charge in [0, 0.05) is 12.0 Å². The van der Waals surface area contributed by atoms with Crippen molar-refractivity contribution in [3.8, 4) is 5.75 Å². The summed E-state index contributed by atoms with van der Waals surface area (Å²) in [6, 6.07) is 2.96. The first-order valence-corrected chi connectivity index (χ1v) is 4.56. The third kappa shape index (κ3) is 2.23. The number of benzene rings is 1. The molecule has 0 fully saturated rings. The van der Waals surface area contributed by atoms with Crippen molar-refractivity contribution in [2.24, 2.45) is 0 Å². The normalized spacial score (nSPS) is 12.6. The standard InChI is InChI=1S/C11H15FO2/c1-7(13)6-9-8(2)10(12)4-5-11(9)14-3/h4-5,7,13H,6H2,1-3H3. The average Bonchev–Trinajstić information content (AvgIpc) is 2.13. The molecule has 0 aromatic heterocycles. The van der Waals surface area contributed by atoms with Crippen LogP contribution >= 0.6 is 0 Å². The number of hydrogen-bond acceptors (Lipinski definition) is 2. The smallest absolute Gasteiger partial charge is 0.126 e. The Kier molecular flexibility index (Phi) is 3.47. The summed E-state index contributed by atoms with van der Waals surface area (Å²) in [7, 11) is 1.54. The summed E-state index contributed by atoms with van der Waals surface area (Å²) in [6.07, 6.45) is -0.0864. The van der Waals surface area contributed by atoms with Gasteiger partial charge in [0.2, 0.25) is 0 Å². The van der Waals surface area contributed by atoms with Crippen molar-refractivity contribution < 1.29 is 14.2 Å². The third-order valence-corrected chi connectivity index (χ3v) is 2.21. The fourth-order valence-electron chi connectivity index (χ4n) is 1.44. The van der Waals surface area contributed by atoms with Gasteiger partial charge < -0.3 is 9.84 Å². The lowest BCUT2D eigenvalue weighted by atomic mass is 10.0. The molecule has 0 aliphatic rings. The zero-order chi connectivity index (χ0) is 10.7. The molecule has 1 aromatic rings. The van der Waals surface area contributed by atoms with E-state index < -0.39 is 6.10 Å². The molecule has 0 amide bonds. The number of halogens is 1. The number of rotatable bonds is 3. The largest absolute Gasteiger partial charge is 0.496 e. The lowest BCUT2D eigenvalue weighted by molar-refractivity contribution is 0.193. The van der Waals surface area contributed by atoms with E-state index in [0.717, 1.165) is 5.56 Å². The van der Waals surface area contributed by atoms with Gasteiger partial charge in [-0.3, -0.25) is 0 Å². The highest BCUT2D eigenvalue weighted by atomic mass is 19.1. The molecule has 2 nitrogen and oxygen atoms in total. The van der Waals surface area contributed by atoms with E-state index in [1.807, 2.05) is 0 Å². The number of aliphatic hydroxyl groups is 1. The van der Waals surface area contributed by atoms with Gasteiger partial charge in [-0.05, 0) is 31.5 Å². The van der Waals surface area contributed by atoms with Crippen LogP contribution < -0.4 is 4.74 Å². The molecular formula is C11H15FO2. The number of methoxy groups -OCH3 is 1. The van der Waals surface area contributed by atoms with Gasteiger partial charge in [0.25, 0.3) is 0 Å². The Balaban J connectivity index is 3.14. The predicted octanol–water partition coefficient (Wildman–Crippen LogP) is 2.07. The number of aliphatic hydroxyl groups excluding tert-OH is 1. The van der Waals surface area contributed by atoms with Gasteiger partial charge in [0.05, 0.1) is 13.2 Å². The highest BCUT2D eigenvalue weighted by molar-refractivity contribution is 5.40. The molecule has 14 heavy (non-hydrogen) atoms. The van der Waals surface area contributed by atoms with Crippen LogP contribution in [0.1, 0.15) is 18.1 Å². The van der Waals surface area contributed by atoms with Crippen molar-refractivity contribution in [3.05, 3.63) is 29.1 Å². The molecule has 0 radical (unpaired) electrons. The maximum Gasteiger partial charge on any atom is 0.126 e. The molecule has 1 unspecified atom stereocenters. The van der Waals surface area contributed by atoms with E-state index in [0.29, 0.717) is 17.7 Å². The zero-order valence-electron chi connectivity index (χ0n) is 8.67. The molecular weight excluding hydrogens is 183 g/mol. The van der Waals surface area contributed by atoms with E-state index in [1.165, 1.54) is 13.2 Å². The van der Waals surface area contributed by atoms with Crippen molar-refractivity contribution in [1.29, 1.82) is 0 Å². The van der Waals surface area contributed by atoms with E-state index >= 15 is 0 Å². The average molecular weight is 198 g/mol. The first-order valence-electron chi connectivity index (χ1n) is 4.56. The minimum Gasteiger partial charge on any atom is -0.496 e. The number of hydrogen-bond donors (Lipinski definition) is 1. The lowest BCUT2D eigenvalue weighted by Crippen LogP contribution is -2.08. The fourth-order valence-corrected chi connectivity index (χ4v) is 1.44. The molecule has 1 aromatic carbocycles. The molecule has 0 aliphatic carbocycles. The molecule has 0 saturated carbocycles. The summed E-state index contributed by atoms with van der Waals surface area (Å²) < 4.78 is 18.3. The fraction of sp³-hybridized carbons (Fsp3) is 0.455. The lowest BCUT2D eigenvalue weighted by Gasteiger charge is -2.13. The van der Waals surface area contributed by atoms with Gasteiger partial charge in [-0.1, -0.05) is 0 Å². The van der Waals surface area contributed by atoms with Crippen molar-refractivity contribution in [2.75, 3.05) is 7.11 Å². The second-order valence-electron chi connectivity index (χ2n) is 3.41. The van der Waals surface area contributed by atoms with E-state index in [2.05, 4.69) is 0 Å². The van der Waals surface area contributed by atoms with Crippen LogP contribution in [-0.4, -0.2) is 18.3 Å². The Labute approximate surface area is 83.3 Å². The monoisotopic (exact) mass is 198 g/mol. The Hall–Kier alpha value is -1.09. The van der Waals surface area contributed by atoms with E-state index in [9.17, 15) is 9.50 Å². The van der Waals surface area contributed by atoms with Gasteiger partial charge >= 0.3 is 0 Å². The molecule has 0 spiro atoms. The Morgan fingerprint density at radius 1 is 1.50 bits per heavy atom. The van der Waals surface area contributed by atoms with Gasteiger partial charge in [-0.25, -0.2) is 4.39 Å².